The fourth-order valence-electron chi connectivity index (χ4n) is 2.28. The molecule has 0 radical (unpaired) electrons. The molecule has 3 rings (SSSR count). The molecule has 1 atom stereocenters. The number of benzene rings is 2. The van der Waals surface area contributed by atoms with E-state index in [1.165, 1.54) is 0 Å². The Morgan fingerprint density at radius 2 is 2.10 bits per heavy atom. The number of ether oxygens (including phenoxy) is 1. The molecule has 2 aromatic carbocycles. The summed E-state index contributed by atoms with van der Waals surface area (Å²) in [4.78, 5) is 12.3. The van der Waals surface area contributed by atoms with Crippen LogP contribution in [0, 0.1) is 6.92 Å². The molecule has 4 heteroatoms. The lowest BCUT2D eigenvalue weighted by molar-refractivity contribution is -0.122. The van der Waals surface area contributed by atoms with E-state index in [-0.39, 0.29) is 5.91 Å². The summed E-state index contributed by atoms with van der Waals surface area (Å²) in [7, 11) is 0. The first-order valence-electron chi connectivity index (χ1n) is 6.45. The van der Waals surface area contributed by atoms with Crippen LogP contribution in [0.25, 0.3) is 0 Å². The molecule has 1 aliphatic heterocycles. The van der Waals surface area contributed by atoms with Crippen molar-refractivity contribution in [2.75, 3.05) is 5.32 Å². The molecule has 0 aromatic heterocycles. The quantitative estimate of drug-likeness (QED) is 0.911. The average molecular weight is 332 g/mol. The van der Waals surface area contributed by atoms with Crippen molar-refractivity contribution in [2.45, 2.75) is 19.4 Å². The highest BCUT2D eigenvalue weighted by atomic mass is 79.9. The van der Waals surface area contributed by atoms with Gasteiger partial charge >= 0.3 is 0 Å². The first-order valence-corrected chi connectivity index (χ1v) is 7.24. The van der Waals surface area contributed by atoms with Crippen molar-refractivity contribution in [1.29, 1.82) is 0 Å². The molecule has 0 spiro atoms. The number of carbonyl (C=O) groups is 1. The zero-order chi connectivity index (χ0) is 14.1. The van der Waals surface area contributed by atoms with E-state index < -0.39 is 6.10 Å². The number of para-hydroxylation sites is 1. The van der Waals surface area contributed by atoms with E-state index in [0.29, 0.717) is 6.42 Å². The maximum absolute atomic E-state index is 12.3. The Kier molecular flexibility index (Phi) is 3.49. The Labute approximate surface area is 126 Å². The van der Waals surface area contributed by atoms with Crippen LogP contribution in [0.15, 0.2) is 46.9 Å². The normalized spacial score (nSPS) is 16.4. The fourth-order valence-corrected chi connectivity index (χ4v) is 2.62. The zero-order valence-corrected chi connectivity index (χ0v) is 12.6. The van der Waals surface area contributed by atoms with Gasteiger partial charge in [0.05, 0.1) is 5.69 Å². The molecule has 0 saturated heterocycles. The number of aryl methyl sites for hydroxylation is 1. The van der Waals surface area contributed by atoms with Crippen LogP contribution in [0.5, 0.6) is 5.75 Å². The molecule has 0 fully saturated rings. The maximum Gasteiger partial charge on any atom is 0.265 e. The first-order chi connectivity index (χ1) is 9.63. The highest BCUT2D eigenvalue weighted by molar-refractivity contribution is 9.10. The standard InChI is InChI=1S/C16H14BrNO2/c1-10-6-7-12(17)13(8-10)18-16(19)15-9-11-4-2-3-5-14(11)20-15/h2-8,15H,9H2,1H3,(H,18,19). The Morgan fingerprint density at radius 3 is 2.90 bits per heavy atom. The van der Waals surface area contributed by atoms with Crippen molar-refractivity contribution in [2.24, 2.45) is 0 Å². The van der Waals surface area contributed by atoms with E-state index in [0.717, 1.165) is 27.0 Å². The predicted molar refractivity (Wildman–Crippen MR) is 82.1 cm³/mol. The molecule has 2 aromatic rings. The third-order valence-electron chi connectivity index (χ3n) is 3.32. The van der Waals surface area contributed by atoms with Gasteiger partial charge in [0, 0.05) is 10.9 Å². The van der Waals surface area contributed by atoms with Crippen molar-refractivity contribution < 1.29 is 9.53 Å². The van der Waals surface area contributed by atoms with Gasteiger partial charge in [-0.25, -0.2) is 0 Å². The number of anilines is 1. The number of nitrogens with one attached hydrogen (secondary N) is 1. The SMILES string of the molecule is Cc1ccc(Br)c(NC(=O)C2Cc3ccccc3O2)c1. The van der Waals surface area contributed by atoms with E-state index in [1.807, 2.05) is 49.4 Å². The van der Waals surface area contributed by atoms with E-state index in [9.17, 15) is 4.79 Å². The van der Waals surface area contributed by atoms with E-state index >= 15 is 0 Å². The Morgan fingerprint density at radius 1 is 1.30 bits per heavy atom. The van der Waals surface area contributed by atoms with E-state index in [4.69, 9.17) is 4.74 Å². The summed E-state index contributed by atoms with van der Waals surface area (Å²) in [5.74, 6) is 0.684. The smallest absolute Gasteiger partial charge is 0.265 e. The summed E-state index contributed by atoms with van der Waals surface area (Å²) in [5.41, 5.74) is 2.95. The molecule has 3 nitrogen and oxygen atoms in total. The van der Waals surface area contributed by atoms with Crippen LogP contribution in [0.4, 0.5) is 5.69 Å². The molecule has 1 amide bonds. The van der Waals surface area contributed by atoms with Crippen molar-refractivity contribution in [3.8, 4) is 5.75 Å². The van der Waals surface area contributed by atoms with Crippen LogP contribution in [-0.2, 0) is 11.2 Å². The van der Waals surface area contributed by atoms with Crippen molar-refractivity contribution in [3.05, 3.63) is 58.1 Å². The van der Waals surface area contributed by atoms with E-state index in [1.54, 1.807) is 0 Å². The Balaban J connectivity index is 1.74. The third kappa shape index (κ3) is 2.56. The van der Waals surface area contributed by atoms with Gasteiger partial charge in [-0.05, 0) is 52.2 Å². The molecule has 20 heavy (non-hydrogen) atoms. The number of halogens is 1. The lowest BCUT2D eigenvalue weighted by atomic mass is 10.1. The molecule has 102 valence electrons. The van der Waals surface area contributed by atoms with Gasteiger partial charge in [0.1, 0.15) is 5.75 Å². The summed E-state index contributed by atoms with van der Waals surface area (Å²) in [6.45, 7) is 1.99. The number of hydrogen-bond donors (Lipinski definition) is 1. The molecule has 0 saturated carbocycles. The molecule has 1 heterocycles. The minimum Gasteiger partial charge on any atom is -0.480 e. The van der Waals surface area contributed by atoms with Gasteiger partial charge in [0.2, 0.25) is 0 Å². The lowest BCUT2D eigenvalue weighted by Gasteiger charge is -2.13. The summed E-state index contributed by atoms with van der Waals surface area (Å²) < 4.78 is 6.55. The second-order valence-corrected chi connectivity index (χ2v) is 5.75. The summed E-state index contributed by atoms with van der Waals surface area (Å²) in [6, 6.07) is 13.6. The first kappa shape index (κ1) is 13.2. The summed E-state index contributed by atoms with van der Waals surface area (Å²) in [6.07, 6.45) is 0.158. The number of amides is 1. The van der Waals surface area contributed by atoms with Gasteiger partial charge in [-0.3, -0.25) is 4.79 Å². The maximum atomic E-state index is 12.3. The number of rotatable bonds is 2. The second kappa shape index (κ2) is 5.29. The molecular weight excluding hydrogens is 318 g/mol. The largest absolute Gasteiger partial charge is 0.480 e. The van der Waals surface area contributed by atoms with Gasteiger partial charge < -0.3 is 10.1 Å². The Hall–Kier alpha value is -1.81. The highest BCUT2D eigenvalue weighted by Gasteiger charge is 2.29. The molecule has 0 aliphatic carbocycles. The van der Waals surface area contributed by atoms with Crippen LogP contribution < -0.4 is 10.1 Å². The molecular formula is C16H14BrNO2. The highest BCUT2D eigenvalue weighted by Crippen LogP contribution is 2.29. The molecule has 1 unspecified atom stereocenters. The minimum absolute atomic E-state index is 0.118. The van der Waals surface area contributed by atoms with Crippen molar-refractivity contribution in [1.82, 2.24) is 0 Å². The summed E-state index contributed by atoms with van der Waals surface area (Å²) in [5, 5.41) is 2.92. The number of carbonyl (C=O) groups excluding carboxylic acids is 1. The molecule has 1 aliphatic rings. The van der Waals surface area contributed by atoms with Gasteiger partial charge in [0.25, 0.3) is 5.91 Å². The monoisotopic (exact) mass is 331 g/mol. The van der Waals surface area contributed by atoms with Gasteiger partial charge in [-0.1, -0.05) is 24.3 Å². The van der Waals surface area contributed by atoms with E-state index in [2.05, 4.69) is 21.2 Å². The second-order valence-electron chi connectivity index (χ2n) is 4.89. The summed E-state index contributed by atoms with van der Waals surface area (Å²) >= 11 is 3.44. The van der Waals surface area contributed by atoms with Gasteiger partial charge in [-0.15, -0.1) is 0 Å². The number of hydrogen-bond acceptors (Lipinski definition) is 2. The molecule has 1 N–H and O–H groups in total. The van der Waals surface area contributed by atoms with Crippen molar-refractivity contribution >= 4 is 27.5 Å². The van der Waals surface area contributed by atoms with Crippen LogP contribution in [0.3, 0.4) is 0 Å². The average Bonchev–Trinajstić information content (AvgIpc) is 2.87. The molecule has 0 bridgehead atoms. The van der Waals surface area contributed by atoms with Gasteiger partial charge in [-0.2, -0.15) is 0 Å². The Bertz CT molecular complexity index is 644. The van der Waals surface area contributed by atoms with Crippen molar-refractivity contribution in [3.63, 3.8) is 0 Å². The topological polar surface area (TPSA) is 38.3 Å². The number of fused-ring (bicyclic) bond motifs is 1. The van der Waals surface area contributed by atoms with Gasteiger partial charge in [0.15, 0.2) is 6.10 Å². The van der Waals surface area contributed by atoms with Crippen LogP contribution in [0.2, 0.25) is 0 Å². The zero-order valence-electron chi connectivity index (χ0n) is 11.0. The van der Waals surface area contributed by atoms with Crippen LogP contribution >= 0.6 is 15.9 Å². The minimum atomic E-state index is -0.459. The van der Waals surface area contributed by atoms with Crippen LogP contribution in [-0.4, -0.2) is 12.0 Å². The van der Waals surface area contributed by atoms with Crippen LogP contribution in [0.1, 0.15) is 11.1 Å². The third-order valence-corrected chi connectivity index (χ3v) is 4.01. The lowest BCUT2D eigenvalue weighted by Crippen LogP contribution is -2.31. The predicted octanol–water partition coefficient (Wildman–Crippen LogP) is 3.70. The fraction of sp³-hybridized carbons (Fsp3) is 0.188.